The molecule has 4 heteroatoms. The van der Waals surface area contributed by atoms with Gasteiger partial charge in [0.25, 0.3) is 0 Å². The molecule has 0 aliphatic carbocycles. The van der Waals surface area contributed by atoms with Gasteiger partial charge in [0.15, 0.2) is 0 Å². The van der Waals surface area contributed by atoms with E-state index in [4.69, 9.17) is 5.26 Å². The number of nitrogens with zero attached hydrogens (tertiary/aromatic N) is 3. The van der Waals surface area contributed by atoms with Gasteiger partial charge in [-0.2, -0.15) is 5.26 Å². The molecule has 0 bridgehead atoms. The number of benzene rings is 1. The van der Waals surface area contributed by atoms with E-state index in [0.717, 1.165) is 5.56 Å². The van der Waals surface area contributed by atoms with Crippen LogP contribution in [0.15, 0.2) is 42.5 Å². The van der Waals surface area contributed by atoms with Crippen molar-refractivity contribution in [1.82, 2.24) is 4.98 Å². The van der Waals surface area contributed by atoms with Crippen LogP contribution in [0.4, 0.5) is 5.82 Å². The molecular weight excluding hydrogens is 262 g/mol. The minimum Gasteiger partial charge on any atom is -0.387 e. The van der Waals surface area contributed by atoms with Gasteiger partial charge in [-0.3, -0.25) is 0 Å². The van der Waals surface area contributed by atoms with Crippen molar-refractivity contribution in [2.75, 3.05) is 18.0 Å². The number of anilines is 1. The summed E-state index contributed by atoms with van der Waals surface area (Å²) >= 11 is 0. The molecule has 0 saturated heterocycles. The Kier molecular flexibility index (Phi) is 4.91. The van der Waals surface area contributed by atoms with Crippen LogP contribution in [0.5, 0.6) is 0 Å². The third kappa shape index (κ3) is 3.80. The second-order valence-corrected chi connectivity index (χ2v) is 4.96. The van der Waals surface area contributed by atoms with Crippen LogP contribution in [0.25, 0.3) is 0 Å². The SMILES string of the molecule is CCN(CC(O)c1ccc(C)cc1)c1cccc(C#N)n1. The van der Waals surface area contributed by atoms with E-state index >= 15 is 0 Å². The molecule has 1 atom stereocenters. The molecule has 0 spiro atoms. The highest BCUT2D eigenvalue weighted by Gasteiger charge is 2.14. The average Bonchev–Trinajstić information content (AvgIpc) is 2.53. The monoisotopic (exact) mass is 281 g/mol. The molecular formula is C17H19N3O. The summed E-state index contributed by atoms with van der Waals surface area (Å²) in [4.78, 5) is 6.24. The van der Waals surface area contributed by atoms with Gasteiger partial charge in [0, 0.05) is 13.1 Å². The topological polar surface area (TPSA) is 60.1 Å². The van der Waals surface area contributed by atoms with Crippen molar-refractivity contribution >= 4 is 5.82 Å². The van der Waals surface area contributed by atoms with Gasteiger partial charge in [-0.1, -0.05) is 35.9 Å². The number of nitriles is 1. The highest BCUT2D eigenvalue weighted by Crippen LogP contribution is 2.19. The summed E-state index contributed by atoms with van der Waals surface area (Å²) < 4.78 is 0. The Labute approximate surface area is 125 Å². The molecule has 108 valence electrons. The second-order valence-electron chi connectivity index (χ2n) is 4.96. The molecule has 0 saturated carbocycles. The molecule has 0 radical (unpaired) electrons. The van der Waals surface area contributed by atoms with Crippen LogP contribution >= 0.6 is 0 Å². The van der Waals surface area contributed by atoms with Crippen molar-refractivity contribution < 1.29 is 5.11 Å². The smallest absolute Gasteiger partial charge is 0.142 e. The van der Waals surface area contributed by atoms with E-state index in [2.05, 4.69) is 4.98 Å². The Balaban J connectivity index is 2.14. The molecule has 21 heavy (non-hydrogen) atoms. The molecule has 1 N–H and O–H groups in total. The van der Waals surface area contributed by atoms with Crippen LogP contribution < -0.4 is 4.90 Å². The van der Waals surface area contributed by atoms with E-state index in [0.29, 0.717) is 24.6 Å². The first kappa shape index (κ1) is 15.0. The fourth-order valence-corrected chi connectivity index (χ4v) is 2.15. The molecule has 0 aliphatic heterocycles. The summed E-state index contributed by atoms with van der Waals surface area (Å²) in [6, 6.07) is 15.2. The first-order valence-corrected chi connectivity index (χ1v) is 7.00. The minimum atomic E-state index is -0.585. The molecule has 1 heterocycles. The lowest BCUT2D eigenvalue weighted by atomic mass is 10.1. The van der Waals surface area contributed by atoms with E-state index in [9.17, 15) is 5.11 Å². The van der Waals surface area contributed by atoms with Crippen LogP contribution in [0.2, 0.25) is 0 Å². The third-order valence-electron chi connectivity index (χ3n) is 3.41. The number of hydrogen-bond acceptors (Lipinski definition) is 4. The van der Waals surface area contributed by atoms with Gasteiger partial charge in [-0.05, 0) is 31.5 Å². The molecule has 0 aliphatic rings. The van der Waals surface area contributed by atoms with Crippen LogP contribution in [0.1, 0.15) is 29.8 Å². The van der Waals surface area contributed by atoms with Crippen molar-refractivity contribution in [1.29, 1.82) is 5.26 Å². The van der Waals surface area contributed by atoms with Gasteiger partial charge < -0.3 is 10.0 Å². The quantitative estimate of drug-likeness (QED) is 0.915. The maximum Gasteiger partial charge on any atom is 0.142 e. The Morgan fingerprint density at radius 3 is 2.57 bits per heavy atom. The lowest BCUT2D eigenvalue weighted by Gasteiger charge is -2.25. The normalized spacial score (nSPS) is 11.7. The van der Waals surface area contributed by atoms with Crippen molar-refractivity contribution in [2.45, 2.75) is 20.0 Å². The fourth-order valence-electron chi connectivity index (χ4n) is 2.15. The summed E-state index contributed by atoms with van der Waals surface area (Å²) in [6.07, 6.45) is -0.585. The zero-order valence-electron chi connectivity index (χ0n) is 12.3. The van der Waals surface area contributed by atoms with Gasteiger partial charge in [-0.25, -0.2) is 4.98 Å². The molecule has 1 unspecified atom stereocenters. The predicted octanol–water partition coefficient (Wildman–Crippen LogP) is 2.82. The van der Waals surface area contributed by atoms with Crippen molar-refractivity contribution in [3.05, 3.63) is 59.3 Å². The first-order valence-electron chi connectivity index (χ1n) is 7.00. The molecule has 1 aromatic heterocycles. The summed E-state index contributed by atoms with van der Waals surface area (Å²) in [7, 11) is 0. The maximum atomic E-state index is 10.4. The van der Waals surface area contributed by atoms with Crippen LogP contribution in [-0.2, 0) is 0 Å². The number of aryl methyl sites for hydroxylation is 1. The zero-order valence-corrected chi connectivity index (χ0v) is 12.3. The number of aliphatic hydroxyl groups excluding tert-OH is 1. The van der Waals surface area contributed by atoms with E-state index < -0.39 is 6.10 Å². The standard InChI is InChI=1S/C17H19N3O/c1-3-20(17-6-4-5-15(11-18)19-17)12-16(21)14-9-7-13(2)8-10-14/h4-10,16,21H,3,12H2,1-2H3. The second kappa shape index (κ2) is 6.87. The molecule has 4 nitrogen and oxygen atoms in total. The Bertz CT molecular complexity index is 631. The molecule has 2 rings (SSSR count). The highest BCUT2D eigenvalue weighted by molar-refractivity contribution is 5.42. The van der Waals surface area contributed by atoms with E-state index in [1.165, 1.54) is 5.56 Å². The van der Waals surface area contributed by atoms with Crippen LogP contribution in [-0.4, -0.2) is 23.2 Å². The van der Waals surface area contributed by atoms with Gasteiger partial charge in [0.2, 0.25) is 0 Å². The Morgan fingerprint density at radius 1 is 1.24 bits per heavy atom. The number of pyridine rings is 1. The lowest BCUT2D eigenvalue weighted by Crippen LogP contribution is -2.29. The number of aromatic nitrogens is 1. The van der Waals surface area contributed by atoms with Crippen molar-refractivity contribution in [2.24, 2.45) is 0 Å². The molecule has 1 aromatic carbocycles. The molecule has 2 aromatic rings. The van der Waals surface area contributed by atoms with Gasteiger partial charge in [-0.15, -0.1) is 0 Å². The predicted molar refractivity (Wildman–Crippen MR) is 83.0 cm³/mol. The number of likely N-dealkylation sites (N-methyl/N-ethyl adjacent to an activating group) is 1. The van der Waals surface area contributed by atoms with Crippen LogP contribution in [0, 0.1) is 18.3 Å². The Hall–Kier alpha value is -2.38. The summed E-state index contributed by atoms with van der Waals surface area (Å²) in [5.74, 6) is 0.711. The lowest BCUT2D eigenvalue weighted by molar-refractivity contribution is 0.183. The van der Waals surface area contributed by atoms with Crippen molar-refractivity contribution in [3.63, 3.8) is 0 Å². The summed E-state index contributed by atoms with van der Waals surface area (Å²) in [5.41, 5.74) is 2.44. The maximum absolute atomic E-state index is 10.4. The highest BCUT2D eigenvalue weighted by atomic mass is 16.3. The van der Waals surface area contributed by atoms with Gasteiger partial charge in [0.1, 0.15) is 17.6 Å². The number of aliphatic hydroxyl groups is 1. The zero-order chi connectivity index (χ0) is 15.2. The number of hydrogen-bond donors (Lipinski definition) is 1. The average molecular weight is 281 g/mol. The first-order chi connectivity index (χ1) is 10.1. The number of rotatable bonds is 5. The molecule has 0 amide bonds. The van der Waals surface area contributed by atoms with E-state index in [-0.39, 0.29) is 0 Å². The van der Waals surface area contributed by atoms with Crippen LogP contribution in [0.3, 0.4) is 0 Å². The summed E-state index contributed by atoms with van der Waals surface area (Å²) in [5, 5.41) is 19.3. The van der Waals surface area contributed by atoms with Gasteiger partial charge in [0.05, 0.1) is 6.10 Å². The summed E-state index contributed by atoms with van der Waals surface area (Å²) in [6.45, 7) is 5.18. The van der Waals surface area contributed by atoms with E-state index in [1.54, 1.807) is 6.07 Å². The molecule has 0 fully saturated rings. The Morgan fingerprint density at radius 2 is 1.95 bits per heavy atom. The van der Waals surface area contributed by atoms with E-state index in [1.807, 2.05) is 61.2 Å². The van der Waals surface area contributed by atoms with Crippen molar-refractivity contribution in [3.8, 4) is 6.07 Å². The largest absolute Gasteiger partial charge is 0.387 e. The third-order valence-corrected chi connectivity index (χ3v) is 3.41. The van der Waals surface area contributed by atoms with Gasteiger partial charge >= 0.3 is 0 Å². The fraction of sp³-hybridized carbons (Fsp3) is 0.294. The minimum absolute atomic E-state index is 0.385.